The molecule has 0 aliphatic carbocycles. The van der Waals surface area contributed by atoms with Crippen LogP contribution >= 0.6 is 11.3 Å². The Balaban J connectivity index is 1.83. The Morgan fingerprint density at radius 2 is 2.15 bits per heavy atom. The molecule has 27 heavy (non-hydrogen) atoms. The van der Waals surface area contributed by atoms with Crippen LogP contribution in [0.15, 0.2) is 23.6 Å². The molecule has 0 saturated heterocycles. The minimum atomic E-state index is -0.112. The number of methoxy groups -OCH3 is 1. The van der Waals surface area contributed by atoms with Gasteiger partial charge in [-0.25, -0.2) is 4.98 Å². The molecule has 0 fully saturated rings. The van der Waals surface area contributed by atoms with Crippen molar-refractivity contribution in [1.82, 2.24) is 14.9 Å². The van der Waals surface area contributed by atoms with Crippen molar-refractivity contribution in [3.05, 3.63) is 51.1 Å². The smallest absolute Gasteiger partial charge is 0.251 e. The van der Waals surface area contributed by atoms with Gasteiger partial charge in [0.15, 0.2) is 0 Å². The summed E-state index contributed by atoms with van der Waals surface area (Å²) in [4.78, 5) is 17.3. The maximum atomic E-state index is 12.8. The molecular formula is C21H27N3O2S. The van der Waals surface area contributed by atoms with Crippen LogP contribution in [-0.4, -0.2) is 29.2 Å². The van der Waals surface area contributed by atoms with Crippen LogP contribution in [0.3, 0.4) is 0 Å². The van der Waals surface area contributed by atoms with Crippen molar-refractivity contribution in [3.8, 4) is 0 Å². The highest BCUT2D eigenvalue weighted by molar-refractivity contribution is 7.09. The molecule has 1 N–H and O–H groups in total. The average Bonchev–Trinajstić information content (AvgIpc) is 3.24. The first-order valence-electron chi connectivity index (χ1n) is 9.29. The van der Waals surface area contributed by atoms with E-state index >= 15 is 0 Å². The Labute approximate surface area is 164 Å². The molecule has 0 bridgehead atoms. The molecule has 0 radical (unpaired) electrons. The number of hydrogen-bond acceptors (Lipinski definition) is 4. The average molecular weight is 386 g/mol. The monoisotopic (exact) mass is 385 g/mol. The minimum Gasteiger partial charge on any atom is -0.383 e. The van der Waals surface area contributed by atoms with Crippen molar-refractivity contribution in [1.29, 1.82) is 0 Å². The fourth-order valence-corrected chi connectivity index (χ4v) is 4.14. The highest BCUT2D eigenvalue weighted by Gasteiger charge is 2.17. The number of fused-ring (bicyclic) bond motifs is 1. The number of hydrogen-bond donors (Lipinski definition) is 1. The van der Waals surface area contributed by atoms with Gasteiger partial charge in [0.2, 0.25) is 0 Å². The fourth-order valence-electron chi connectivity index (χ4n) is 3.30. The van der Waals surface area contributed by atoms with E-state index in [0.29, 0.717) is 12.2 Å². The minimum absolute atomic E-state index is 0.0721. The third-order valence-corrected chi connectivity index (χ3v) is 6.09. The number of benzene rings is 1. The lowest BCUT2D eigenvalue weighted by atomic mass is 10.1. The van der Waals surface area contributed by atoms with Crippen LogP contribution < -0.4 is 5.32 Å². The van der Waals surface area contributed by atoms with E-state index in [1.165, 1.54) is 11.3 Å². The summed E-state index contributed by atoms with van der Waals surface area (Å²) in [6, 6.07) is 5.80. The van der Waals surface area contributed by atoms with Gasteiger partial charge in [-0.2, -0.15) is 0 Å². The summed E-state index contributed by atoms with van der Waals surface area (Å²) in [5.41, 5.74) is 5.15. The first-order valence-corrected chi connectivity index (χ1v) is 10.2. The van der Waals surface area contributed by atoms with E-state index in [0.717, 1.165) is 34.6 Å². The number of nitrogens with one attached hydrogen (secondary N) is 1. The van der Waals surface area contributed by atoms with E-state index in [9.17, 15) is 4.79 Å². The van der Waals surface area contributed by atoms with Crippen molar-refractivity contribution in [2.75, 3.05) is 13.7 Å². The van der Waals surface area contributed by atoms with Gasteiger partial charge >= 0.3 is 0 Å². The lowest BCUT2D eigenvalue weighted by Gasteiger charge is -2.12. The van der Waals surface area contributed by atoms with Crippen LogP contribution in [0.5, 0.6) is 0 Å². The van der Waals surface area contributed by atoms with Crippen LogP contribution in [0.1, 0.15) is 52.2 Å². The molecule has 3 rings (SSSR count). The van der Waals surface area contributed by atoms with E-state index in [1.54, 1.807) is 18.4 Å². The van der Waals surface area contributed by atoms with Gasteiger partial charge in [0.1, 0.15) is 0 Å². The third-order valence-electron chi connectivity index (χ3n) is 5.08. The SMILES string of the molecule is CCc1nc(C(C)NC(=O)c2ccc3c(c2)c(C)c(C)n3CCOC)cs1. The highest BCUT2D eigenvalue weighted by Crippen LogP contribution is 2.26. The summed E-state index contributed by atoms with van der Waals surface area (Å²) >= 11 is 1.64. The summed E-state index contributed by atoms with van der Waals surface area (Å²) in [5.74, 6) is -0.0721. The summed E-state index contributed by atoms with van der Waals surface area (Å²) in [7, 11) is 1.71. The van der Waals surface area contributed by atoms with E-state index < -0.39 is 0 Å². The molecule has 0 aliphatic rings. The number of amides is 1. The maximum absolute atomic E-state index is 12.8. The van der Waals surface area contributed by atoms with E-state index in [2.05, 4.69) is 35.6 Å². The van der Waals surface area contributed by atoms with Crippen molar-refractivity contribution in [2.45, 2.75) is 46.7 Å². The van der Waals surface area contributed by atoms with Gasteiger partial charge in [0, 0.05) is 41.2 Å². The molecule has 1 atom stereocenters. The Morgan fingerprint density at radius 1 is 1.37 bits per heavy atom. The second-order valence-corrected chi connectivity index (χ2v) is 7.74. The van der Waals surface area contributed by atoms with Crippen molar-refractivity contribution in [2.24, 2.45) is 0 Å². The van der Waals surface area contributed by atoms with Crippen molar-refractivity contribution >= 4 is 28.1 Å². The van der Waals surface area contributed by atoms with Crippen LogP contribution in [0, 0.1) is 13.8 Å². The van der Waals surface area contributed by atoms with E-state index in [1.807, 2.05) is 30.5 Å². The molecule has 5 nitrogen and oxygen atoms in total. The Kier molecular flexibility index (Phi) is 5.97. The molecule has 2 heterocycles. The van der Waals surface area contributed by atoms with Gasteiger partial charge in [0.05, 0.1) is 23.4 Å². The molecule has 1 unspecified atom stereocenters. The zero-order valence-electron chi connectivity index (χ0n) is 16.6. The van der Waals surface area contributed by atoms with Gasteiger partial charge < -0.3 is 14.6 Å². The summed E-state index contributed by atoms with van der Waals surface area (Å²) in [6.07, 6.45) is 0.917. The zero-order chi connectivity index (χ0) is 19.6. The van der Waals surface area contributed by atoms with E-state index in [4.69, 9.17) is 4.74 Å². The Morgan fingerprint density at radius 3 is 2.81 bits per heavy atom. The molecule has 0 saturated carbocycles. The van der Waals surface area contributed by atoms with Gasteiger partial charge in [-0.1, -0.05) is 6.92 Å². The molecule has 1 aromatic carbocycles. The summed E-state index contributed by atoms with van der Waals surface area (Å²) in [5, 5.41) is 7.30. The molecule has 1 amide bonds. The number of ether oxygens (including phenoxy) is 1. The lowest BCUT2D eigenvalue weighted by molar-refractivity contribution is 0.0939. The van der Waals surface area contributed by atoms with Gasteiger partial charge in [-0.3, -0.25) is 4.79 Å². The predicted octanol–water partition coefficient (Wildman–Crippen LogP) is 4.41. The molecule has 2 aromatic heterocycles. The number of rotatable bonds is 7. The van der Waals surface area contributed by atoms with Crippen molar-refractivity contribution in [3.63, 3.8) is 0 Å². The van der Waals surface area contributed by atoms with E-state index in [-0.39, 0.29) is 11.9 Å². The number of carbonyl (C=O) groups excluding carboxylic acids is 1. The highest BCUT2D eigenvalue weighted by atomic mass is 32.1. The summed E-state index contributed by atoms with van der Waals surface area (Å²) < 4.78 is 7.48. The third kappa shape index (κ3) is 3.92. The molecular weight excluding hydrogens is 358 g/mol. The standard InChI is InChI=1S/C21H27N3O2S/c1-6-20-23-18(12-27-20)14(3)22-21(25)16-7-8-19-17(11-16)13(2)15(4)24(19)9-10-26-5/h7-8,11-12,14H,6,9-10H2,1-5H3,(H,22,25). The molecule has 0 aliphatic heterocycles. The Bertz CT molecular complexity index is 958. The second-order valence-electron chi connectivity index (χ2n) is 6.80. The maximum Gasteiger partial charge on any atom is 0.251 e. The number of aryl methyl sites for hydroxylation is 2. The van der Waals surface area contributed by atoms with Gasteiger partial charge in [-0.05, 0) is 51.0 Å². The van der Waals surface area contributed by atoms with Crippen molar-refractivity contribution < 1.29 is 9.53 Å². The number of thiazole rings is 1. The van der Waals surface area contributed by atoms with Crippen LogP contribution in [-0.2, 0) is 17.7 Å². The topological polar surface area (TPSA) is 56.2 Å². The molecule has 144 valence electrons. The van der Waals surface area contributed by atoms with Gasteiger partial charge in [-0.15, -0.1) is 11.3 Å². The predicted molar refractivity (Wildman–Crippen MR) is 111 cm³/mol. The Hall–Kier alpha value is -2.18. The fraction of sp³-hybridized carbons (Fsp3) is 0.429. The largest absolute Gasteiger partial charge is 0.383 e. The first-order chi connectivity index (χ1) is 13.0. The second kappa shape index (κ2) is 8.23. The van der Waals surface area contributed by atoms with Crippen LogP contribution in [0.2, 0.25) is 0 Å². The zero-order valence-corrected chi connectivity index (χ0v) is 17.4. The molecule has 6 heteroatoms. The number of carbonyl (C=O) groups is 1. The lowest BCUT2D eigenvalue weighted by Crippen LogP contribution is -2.26. The number of nitrogens with zero attached hydrogens (tertiary/aromatic N) is 2. The number of aromatic nitrogens is 2. The summed E-state index contributed by atoms with van der Waals surface area (Å²) in [6.45, 7) is 9.74. The molecule has 3 aromatic rings. The van der Waals surface area contributed by atoms with Gasteiger partial charge in [0.25, 0.3) is 5.91 Å². The van der Waals surface area contributed by atoms with Crippen LogP contribution in [0.4, 0.5) is 0 Å². The normalized spacial score (nSPS) is 12.5. The van der Waals surface area contributed by atoms with Crippen LogP contribution in [0.25, 0.3) is 10.9 Å². The first kappa shape index (κ1) is 19.6. The molecule has 0 spiro atoms. The quantitative estimate of drug-likeness (QED) is 0.655.